The van der Waals surface area contributed by atoms with Gasteiger partial charge in [0.15, 0.2) is 5.76 Å². The average Bonchev–Trinajstić information content (AvgIpc) is 2.78. The predicted octanol–water partition coefficient (Wildman–Crippen LogP) is -0.0896. The van der Waals surface area contributed by atoms with Crippen molar-refractivity contribution < 1.29 is 9.26 Å². The lowest BCUT2D eigenvalue weighted by Gasteiger charge is -2.43. The third-order valence-corrected chi connectivity index (χ3v) is 3.96. The van der Waals surface area contributed by atoms with Gasteiger partial charge in [0.2, 0.25) is 0 Å². The van der Waals surface area contributed by atoms with Crippen molar-refractivity contribution in [1.29, 1.82) is 0 Å². The van der Waals surface area contributed by atoms with E-state index in [0.717, 1.165) is 63.3 Å². The molecule has 3 rings (SSSR count). The van der Waals surface area contributed by atoms with Gasteiger partial charge in [-0.3, -0.25) is 9.80 Å². The van der Waals surface area contributed by atoms with Crippen LogP contribution < -0.4 is 5.32 Å². The van der Waals surface area contributed by atoms with Crippen molar-refractivity contribution in [2.45, 2.75) is 19.2 Å². The van der Waals surface area contributed by atoms with Crippen molar-refractivity contribution in [3.63, 3.8) is 0 Å². The predicted molar refractivity (Wildman–Crippen MR) is 70.7 cm³/mol. The van der Waals surface area contributed by atoms with Gasteiger partial charge in [0.1, 0.15) is 6.61 Å². The Bertz CT molecular complexity index is 397. The summed E-state index contributed by atoms with van der Waals surface area (Å²) in [6, 6.07) is 2.76. The van der Waals surface area contributed by atoms with Gasteiger partial charge in [-0.2, -0.15) is 0 Å². The van der Waals surface area contributed by atoms with Crippen LogP contribution in [0.5, 0.6) is 0 Å². The van der Waals surface area contributed by atoms with E-state index in [1.807, 2.05) is 6.07 Å². The van der Waals surface area contributed by atoms with Crippen LogP contribution in [0, 0.1) is 0 Å². The highest BCUT2D eigenvalue weighted by Crippen LogP contribution is 2.13. The van der Waals surface area contributed by atoms with Crippen LogP contribution in [0.2, 0.25) is 0 Å². The molecule has 0 unspecified atom stereocenters. The van der Waals surface area contributed by atoms with E-state index >= 15 is 0 Å². The topological polar surface area (TPSA) is 53.8 Å². The summed E-state index contributed by atoms with van der Waals surface area (Å²) in [5.74, 6) is 0.802. The molecule has 1 N–H and O–H groups in total. The van der Waals surface area contributed by atoms with Gasteiger partial charge >= 0.3 is 0 Å². The molecule has 1 aromatic heterocycles. The van der Waals surface area contributed by atoms with E-state index in [9.17, 15) is 0 Å². The summed E-state index contributed by atoms with van der Waals surface area (Å²) in [5.41, 5.74) is 1.01. The lowest BCUT2D eigenvalue weighted by molar-refractivity contribution is 0.0685. The van der Waals surface area contributed by atoms with E-state index in [0.29, 0.717) is 6.61 Å². The Labute approximate surface area is 113 Å². The Morgan fingerprint density at radius 1 is 1.37 bits per heavy atom. The average molecular weight is 266 g/mol. The van der Waals surface area contributed by atoms with Crippen LogP contribution in [0.4, 0.5) is 0 Å². The highest BCUT2D eigenvalue weighted by Gasteiger charge is 2.27. The van der Waals surface area contributed by atoms with Crippen molar-refractivity contribution in [2.24, 2.45) is 0 Å². The van der Waals surface area contributed by atoms with Crippen molar-refractivity contribution in [2.75, 3.05) is 46.4 Å². The Balaban J connectivity index is 1.45. The van der Waals surface area contributed by atoms with E-state index in [-0.39, 0.29) is 0 Å². The van der Waals surface area contributed by atoms with E-state index in [2.05, 4.69) is 20.3 Å². The van der Waals surface area contributed by atoms with Gasteiger partial charge in [-0.25, -0.2) is 0 Å². The minimum absolute atomic E-state index is 0.495. The standard InChI is InChI=1S/C13H22N4O2/c1-18-10-13-6-11(15-19-13)9-16-2-4-17(5-3-16)12-7-14-8-12/h6,12,14H,2-5,7-10H2,1H3. The molecular formula is C13H22N4O2. The van der Waals surface area contributed by atoms with E-state index in [4.69, 9.17) is 9.26 Å². The molecule has 0 radical (unpaired) electrons. The van der Waals surface area contributed by atoms with Crippen LogP contribution >= 0.6 is 0 Å². The van der Waals surface area contributed by atoms with E-state index in [1.165, 1.54) is 0 Å². The van der Waals surface area contributed by atoms with Crippen molar-refractivity contribution in [3.8, 4) is 0 Å². The summed E-state index contributed by atoms with van der Waals surface area (Å²) in [6.07, 6.45) is 0. The molecular weight excluding hydrogens is 244 g/mol. The minimum Gasteiger partial charge on any atom is -0.377 e. The molecule has 6 nitrogen and oxygen atoms in total. The van der Waals surface area contributed by atoms with Crippen molar-refractivity contribution >= 4 is 0 Å². The Morgan fingerprint density at radius 3 is 2.79 bits per heavy atom. The molecule has 0 saturated carbocycles. The van der Waals surface area contributed by atoms with Crippen LogP contribution in [0.3, 0.4) is 0 Å². The van der Waals surface area contributed by atoms with Crippen LogP contribution in [0.1, 0.15) is 11.5 Å². The summed E-state index contributed by atoms with van der Waals surface area (Å²) in [6.45, 7) is 8.24. The van der Waals surface area contributed by atoms with Crippen LogP contribution in [-0.4, -0.2) is 67.4 Å². The fourth-order valence-electron chi connectivity index (χ4n) is 2.69. The fraction of sp³-hybridized carbons (Fsp3) is 0.769. The van der Waals surface area contributed by atoms with E-state index in [1.54, 1.807) is 7.11 Å². The zero-order valence-corrected chi connectivity index (χ0v) is 11.5. The Morgan fingerprint density at radius 2 is 2.16 bits per heavy atom. The molecule has 2 aliphatic rings. The maximum Gasteiger partial charge on any atom is 0.162 e. The summed E-state index contributed by atoms with van der Waals surface area (Å²) >= 11 is 0. The van der Waals surface area contributed by atoms with Crippen molar-refractivity contribution in [1.82, 2.24) is 20.3 Å². The maximum atomic E-state index is 5.21. The third kappa shape index (κ3) is 3.14. The maximum absolute atomic E-state index is 5.21. The smallest absolute Gasteiger partial charge is 0.162 e. The highest BCUT2D eigenvalue weighted by molar-refractivity contribution is 5.04. The third-order valence-electron chi connectivity index (χ3n) is 3.96. The first-order valence-electron chi connectivity index (χ1n) is 6.95. The van der Waals surface area contributed by atoms with Crippen LogP contribution in [0.25, 0.3) is 0 Å². The monoisotopic (exact) mass is 266 g/mol. The number of ether oxygens (including phenoxy) is 1. The molecule has 6 heteroatoms. The van der Waals surface area contributed by atoms with E-state index < -0.39 is 0 Å². The summed E-state index contributed by atoms with van der Waals surface area (Å²) in [7, 11) is 1.66. The molecule has 0 spiro atoms. The lowest BCUT2D eigenvalue weighted by Crippen LogP contribution is -2.61. The molecule has 0 bridgehead atoms. The lowest BCUT2D eigenvalue weighted by atomic mass is 10.1. The number of aromatic nitrogens is 1. The summed E-state index contributed by atoms with van der Waals surface area (Å²) < 4.78 is 10.2. The first-order valence-corrected chi connectivity index (χ1v) is 6.95. The van der Waals surface area contributed by atoms with Gasteiger partial charge < -0.3 is 14.6 Å². The number of hydrogen-bond acceptors (Lipinski definition) is 6. The zero-order valence-electron chi connectivity index (χ0n) is 11.5. The molecule has 1 aromatic rings. The number of methoxy groups -OCH3 is 1. The number of piperazine rings is 1. The molecule has 0 aromatic carbocycles. The minimum atomic E-state index is 0.495. The second-order valence-corrected chi connectivity index (χ2v) is 5.34. The zero-order chi connectivity index (χ0) is 13.1. The molecule has 3 heterocycles. The molecule has 0 atom stereocenters. The normalized spacial score (nSPS) is 22.6. The van der Waals surface area contributed by atoms with Crippen LogP contribution in [0.15, 0.2) is 10.6 Å². The molecule has 2 fully saturated rings. The van der Waals surface area contributed by atoms with Crippen molar-refractivity contribution in [3.05, 3.63) is 17.5 Å². The first kappa shape index (κ1) is 13.1. The molecule has 19 heavy (non-hydrogen) atoms. The Hall–Kier alpha value is -0.950. The highest BCUT2D eigenvalue weighted by atomic mass is 16.5. The van der Waals surface area contributed by atoms with Gasteiger partial charge in [-0.05, 0) is 0 Å². The van der Waals surface area contributed by atoms with Gasteiger partial charge in [-0.1, -0.05) is 5.16 Å². The summed E-state index contributed by atoms with van der Waals surface area (Å²) in [5, 5.41) is 7.42. The number of nitrogens with one attached hydrogen (secondary N) is 1. The Kier molecular flexibility index (Phi) is 4.12. The second-order valence-electron chi connectivity index (χ2n) is 5.34. The largest absolute Gasteiger partial charge is 0.377 e. The van der Waals surface area contributed by atoms with Gasteiger partial charge in [0, 0.05) is 65.0 Å². The molecule has 0 amide bonds. The first-order chi connectivity index (χ1) is 9.35. The number of rotatable bonds is 5. The SMILES string of the molecule is COCc1cc(CN2CCN(C3CNC3)CC2)no1. The molecule has 0 aliphatic carbocycles. The van der Waals surface area contributed by atoms with Gasteiger partial charge in [0.05, 0.1) is 5.69 Å². The quantitative estimate of drug-likeness (QED) is 0.804. The fourth-order valence-corrected chi connectivity index (χ4v) is 2.69. The van der Waals surface area contributed by atoms with Crippen LogP contribution in [-0.2, 0) is 17.9 Å². The van der Waals surface area contributed by atoms with Gasteiger partial charge in [0.25, 0.3) is 0 Å². The number of nitrogens with zero attached hydrogens (tertiary/aromatic N) is 3. The molecule has 2 saturated heterocycles. The summed E-state index contributed by atoms with van der Waals surface area (Å²) in [4.78, 5) is 5.03. The van der Waals surface area contributed by atoms with Gasteiger partial charge in [-0.15, -0.1) is 0 Å². The molecule has 106 valence electrons. The molecule has 2 aliphatic heterocycles. The second kappa shape index (κ2) is 6.00. The number of hydrogen-bond donors (Lipinski definition) is 1.